The fourth-order valence-corrected chi connectivity index (χ4v) is 3.80. The molecule has 9 heteroatoms. The van der Waals surface area contributed by atoms with Crippen molar-refractivity contribution in [3.8, 4) is 28.7 Å². The predicted octanol–water partition coefficient (Wildman–Crippen LogP) is 2.39. The van der Waals surface area contributed by atoms with E-state index in [1.54, 1.807) is 45.0 Å². The first-order valence-electron chi connectivity index (χ1n) is 10.8. The Labute approximate surface area is 203 Å². The quantitative estimate of drug-likeness (QED) is 0.251. The zero-order chi connectivity index (χ0) is 26.4. The molecule has 190 valence electrons. The van der Waals surface area contributed by atoms with Crippen LogP contribution in [0.5, 0.6) is 28.7 Å². The third kappa shape index (κ3) is 5.95. The molecule has 0 spiro atoms. The Balaban J connectivity index is 0.000000303. The summed E-state index contributed by atoms with van der Waals surface area (Å²) in [5, 5.41) is 85.7. The van der Waals surface area contributed by atoms with E-state index in [4.69, 9.17) is 10.2 Å². The van der Waals surface area contributed by atoms with Gasteiger partial charge in [0.2, 0.25) is 0 Å². The lowest BCUT2D eigenvalue weighted by molar-refractivity contribution is 0.267. The smallest absolute Gasteiger partial charge is 0.128 e. The Morgan fingerprint density at radius 1 is 0.457 bits per heavy atom. The minimum Gasteiger partial charge on any atom is -0.507 e. The second-order valence-corrected chi connectivity index (χ2v) is 8.29. The van der Waals surface area contributed by atoms with Crippen LogP contribution in [0.3, 0.4) is 0 Å². The zero-order valence-electron chi connectivity index (χ0n) is 19.9. The summed E-state index contributed by atoms with van der Waals surface area (Å²) in [4.78, 5) is 0. The van der Waals surface area contributed by atoms with Crippen LogP contribution in [-0.2, 0) is 32.8 Å². The topological polar surface area (TPSA) is 182 Å². The van der Waals surface area contributed by atoms with Crippen molar-refractivity contribution in [1.29, 1.82) is 0 Å². The molecule has 35 heavy (non-hydrogen) atoms. The van der Waals surface area contributed by atoms with Crippen molar-refractivity contribution in [2.45, 2.75) is 53.6 Å². The van der Waals surface area contributed by atoms with Crippen LogP contribution in [0.2, 0.25) is 0 Å². The number of aryl methyl sites for hydroxylation is 3. The van der Waals surface area contributed by atoms with Crippen molar-refractivity contribution < 1.29 is 46.0 Å². The van der Waals surface area contributed by atoms with Gasteiger partial charge in [-0.2, -0.15) is 0 Å². The van der Waals surface area contributed by atoms with Gasteiger partial charge in [0.15, 0.2) is 0 Å². The van der Waals surface area contributed by atoms with Crippen molar-refractivity contribution in [3.63, 3.8) is 0 Å². The molecule has 0 aromatic heterocycles. The van der Waals surface area contributed by atoms with E-state index in [2.05, 4.69) is 0 Å². The van der Waals surface area contributed by atoms with Crippen LogP contribution in [0.1, 0.15) is 50.1 Å². The van der Waals surface area contributed by atoms with Crippen LogP contribution in [0.25, 0.3) is 0 Å². The molecule has 0 atom stereocenters. The van der Waals surface area contributed by atoms with Gasteiger partial charge in [-0.3, -0.25) is 0 Å². The fraction of sp³-hybridized carbons (Fsp3) is 0.308. The van der Waals surface area contributed by atoms with Crippen molar-refractivity contribution in [2.75, 3.05) is 0 Å². The lowest BCUT2D eigenvalue weighted by Crippen LogP contribution is -1.99. The molecule has 0 heterocycles. The fourth-order valence-electron chi connectivity index (χ4n) is 3.80. The molecular formula is C26H32O9. The Morgan fingerprint density at radius 3 is 1.26 bits per heavy atom. The summed E-state index contributed by atoms with van der Waals surface area (Å²) < 4.78 is 0. The van der Waals surface area contributed by atoms with E-state index in [0.717, 1.165) is 0 Å². The normalized spacial score (nSPS) is 10.7. The summed E-state index contributed by atoms with van der Waals surface area (Å²) in [5.74, 6) is -0.723. The van der Waals surface area contributed by atoms with Crippen LogP contribution in [0.15, 0.2) is 24.3 Å². The van der Waals surface area contributed by atoms with Crippen LogP contribution in [0.4, 0.5) is 0 Å². The first-order chi connectivity index (χ1) is 16.5. The number of phenols is 5. The van der Waals surface area contributed by atoms with Gasteiger partial charge in [0.1, 0.15) is 28.7 Å². The van der Waals surface area contributed by atoms with Crippen molar-refractivity contribution in [1.82, 2.24) is 0 Å². The minimum atomic E-state index is -0.519. The van der Waals surface area contributed by atoms with Gasteiger partial charge in [-0.05, 0) is 72.4 Å². The third-order valence-corrected chi connectivity index (χ3v) is 5.77. The van der Waals surface area contributed by atoms with Gasteiger partial charge in [-0.25, -0.2) is 0 Å². The number of rotatable bonds is 6. The van der Waals surface area contributed by atoms with Gasteiger partial charge in [0.05, 0.1) is 37.6 Å². The highest BCUT2D eigenvalue weighted by Crippen LogP contribution is 2.39. The van der Waals surface area contributed by atoms with E-state index < -0.39 is 13.2 Å². The summed E-state index contributed by atoms with van der Waals surface area (Å²) in [6, 6.07) is 6.39. The van der Waals surface area contributed by atoms with Gasteiger partial charge in [-0.15, -0.1) is 0 Å². The minimum absolute atomic E-state index is 0.0253. The number of aliphatic hydroxyl groups excluding tert-OH is 4. The number of aromatic hydroxyl groups is 5. The second kappa shape index (κ2) is 11.8. The highest BCUT2D eigenvalue weighted by molar-refractivity contribution is 5.57. The lowest BCUT2D eigenvalue weighted by Gasteiger charge is -2.16. The standard InChI is InChI=1S/C17H20O6.C9H12O3/c1-8-3-10(16(22)12(6-18)14(8)20)5-11-4-9(2)15(21)13(7-19)17(11)23;1-6-2-7(4-10)3-8(5-11)9(6)12/h3-4,18-23H,5-7H2,1-2H3;2-3,10-12H,4-5H2,1H3. The van der Waals surface area contributed by atoms with Gasteiger partial charge in [0, 0.05) is 12.0 Å². The monoisotopic (exact) mass is 488 g/mol. The Kier molecular flexibility index (Phi) is 9.32. The highest BCUT2D eigenvalue weighted by atomic mass is 16.3. The van der Waals surface area contributed by atoms with E-state index in [0.29, 0.717) is 38.9 Å². The van der Waals surface area contributed by atoms with Gasteiger partial charge in [-0.1, -0.05) is 6.07 Å². The molecule has 0 amide bonds. The van der Waals surface area contributed by atoms with Crippen molar-refractivity contribution in [3.05, 3.63) is 74.3 Å². The summed E-state index contributed by atoms with van der Waals surface area (Å²) in [5.41, 5.74) is 3.68. The molecule has 0 aliphatic carbocycles. The molecule has 0 radical (unpaired) electrons. The molecule has 9 N–H and O–H groups in total. The molecular weight excluding hydrogens is 456 g/mol. The van der Waals surface area contributed by atoms with Crippen LogP contribution in [-0.4, -0.2) is 46.0 Å². The van der Waals surface area contributed by atoms with E-state index in [1.807, 2.05) is 0 Å². The van der Waals surface area contributed by atoms with E-state index in [1.165, 1.54) is 0 Å². The molecule has 0 aliphatic heterocycles. The molecule has 0 bridgehead atoms. The van der Waals surface area contributed by atoms with E-state index >= 15 is 0 Å². The summed E-state index contributed by atoms with van der Waals surface area (Å²) in [7, 11) is 0. The van der Waals surface area contributed by atoms with Gasteiger partial charge in [0.25, 0.3) is 0 Å². The zero-order valence-corrected chi connectivity index (χ0v) is 19.9. The maximum absolute atomic E-state index is 10.2. The van der Waals surface area contributed by atoms with E-state index in [9.17, 15) is 35.7 Å². The lowest BCUT2D eigenvalue weighted by atomic mass is 9.94. The molecule has 0 saturated carbocycles. The first-order valence-corrected chi connectivity index (χ1v) is 10.8. The number of aliphatic hydroxyl groups is 4. The van der Waals surface area contributed by atoms with Gasteiger partial charge >= 0.3 is 0 Å². The Bertz CT molecular complexity index is 1140. The maximum Gasteiger partial charge on any atom is 0.128 e. The summed E-state index contributed by atoms with van der Waals surface area (Å²) in [6.07, 6.45) is 0.111. The SMILES string of the molecule is Cc1cc(CO)cc(CO)c1O.Cc1cc(Cc2cc(C)c(O)c(CO)c2O)c(O)c(CO)c1O. The number of hydrogen-bond acceptors (Lipinski definition) is 9. The Morgan fingerprint density at radius 2 is 0.886 bits per heavy atom. The summed E-state index contributed by atoms with van der Waals surface area (Å²) >= 11 is 0. The van der Waals surface area contributed by atoms with Crippen LogP contribution in [0, 0.1) is 20.8 Å². The average molecular weight is 489 g/mol. The molecule has 0 fully saturated rings. The summed E-state index contributed by atoms with van der Waals surface area (Å²) in [6.45, 7) is 3.68. The van der Waals surface area contributed by atoms with Crippen LogP contribution < -0.4 is 0 Å². The maximum atomic E-state index is 10.2. The molecule has 3 rings (SSSR count). The third-order valence-electron chi connectivity index (χ3n) is 5.77. The molecule has 0 unspecified atom stereocenters. The molecule has 3 aromatic carbocycles. The van der Waals surface area contributed by atoms with Crippen molar-refractivity contribution in [2.24, 2.45) is 0 Å². The van der Waals surface area contributed by atoms with E-state index in [-0.39, 0.29) is 59.5 Å². The average Bonchev–Trinajstić information content (AvgIpc) is 2.83. The molecule has 9 nitrogen and oxygen atoms in total. The predicted molar refractivity (Wildman–Crippen MR) is 128 cm³/mol. The van der Waals surface area contributed by atoms with Crippen LogP contribution >= 0.6 is 0 Å². The molecule has 0 aliphatic rings. The molecule has 3 aromatic rings. The highest BCUT2D eigenvalue weighted by Gasteiger charge is 2.19. The van der Waals surface area contributed by atoms with Gasteiger partial charge < -0.3 is 46.0 Å². The molecule has 0 saturated heterocycles. The second-order valence-electron chi connectivity index (χ2n) is 8.29. The first kappa shape index (κ1) is 27.7. The van der Waals surface area contributed by atoms with Crippen molar-refractivity contribution >= 4 is 0 Å². The largest absolute Gasteiger partial charge is 0.507 e. The number of benzene rings is 3. The Hall–Kier alpha value is -3.50. The number of hydrogen-bond donors (Lipinski definition) is 9.